The van der Waals surface area contributed by atoms with Crippen LogP contribution in [-0.4, -0.2) is 12.0 Å². The average Bonchev–Trinajstić information content (AvgIpc) is 2.21. The molecule has 16 heavy (non-hydrogen) atoms. The van der Waals surface area contributed by atoms with E-state index in [1.807, 2.05) is 0 Å². The second kappa shape index (κ2) is 10.8. The lowest BCUT2D eigenvalue weighted by atomic mass is 10.1. The van der Waals surface area contributed by atoms with Gasteiger partial charge in [0, 0.05) is 6.04 Å². The number of guanidine groups is 1. The lowest BCUT2D eigenvalue weighted by Crippen LogP contribution is -2.37. The van der Waals surface area contributed by atoms with Gasteiger partial charge in [-0.3, -0.25) is 5.41 Å². The molecule has 4 N–H and O–H groups in total. The molecule has 3 nitrogen and oxygen atoms in total. The summed E-state index contributed by atoms with van der Waals surface area (Å²) in [5.74, 6) is 0.0899. The van der Waals surface area contributed by atoms with Gasteiger partial charge in [-0.25, -0.2) is 0 Å². The molecule has 0 saturated heterocycles. The molecule has 0 aliphatic carbocycles. The van der Waals surface area contributed by atoms with Gasteiger partial charge in [0.15, 0.2) is 5.96 Å². The molecule has 0 aromatic heterocycles. The molecule has 0 fully saturated rings. The molecule has 0 saturated carbocycles. The van der Waals surface area contributed by atoms with Gasteiger partial charge in [-0.2, -0.15) is 0 Å². The van der Waals surface area contributed by atoms with Crippen LogP contribution in [0, 0.1) is 5.41 Å². The molecular formula is C13H29N3. The van der Waals surface area contributed by atoms with Crippen LogP contribution in [0.15, 0.2) is 0 Å². The fraction of sp³-hybridized carbons (Fsp3) is 0.923. The van der Waals surface area contributed by atoms with Crippen molar-refractivity contribution in [2.24, 2.45) is 5.73 Å². The first-order chi connectivity index (χ1) is 7.66. The van der Waals surface area contributed by atoms with Gasteiger partial charge in [0.25, 0.3) is 0 Å². The van der Waals surface area contributed by atoms with Crippen LogP contribution < -0.4 is 11.1 Å². The minimum atomic E-state index is 0.0899. The van der Waals surface area contributed by atoms with E-state index in [4.69, 9.17) is 11.1 Å². The number of nitrogens with two attached hydrogens (primary N) is 1. The first kappa shape index (κ1) is 15.3. The third kappa shape index (κ3) is 11.3. The standard InChI is InChI=1S/C13H29N3/c1-3-4-5-6-7-8-9-10-11-12(2)16-13(14)15/h12H,3-11H2,1-2H3,(H4,14,15,16). The van der Waals surface area contributed by atoms with Crippen molar-refractivity contribution >= 4 is 5.96 Å². The van der Waals surface area contributed by atoms with Crippen molar-refractivity contribution in [3.63, 3.8) is 0 Å². The molecule has 0 bridgehead atoms. The predicted molar refractivity (Wildman–Crippen MR) is 71.7 cm³/mol. The summed E-state index contributed by atoms with van der Waals surface area (Å²) in [5, 5.41) is 10.0. The largest absolute Gasteiger partial charge is 0.370 e. The van der Waals surface area contributed by atoms with Crippen LogP contribution in [0.25, 0.3) is 0 Å². The summed E-state index contributed by atoms with van der Waals surface area (Å²) < 4.78 is 0. The van der Waals surface area contributed by atoms with Crippen LogP contribution in [0.1, 0.15) is 71.6 Å². The highest BCUT2D eigenvalue weighted by Gasteiger charge is 2.00. The summed E-state index contributed by atoms with van der Waals surface area (Å²) in [7, 11) is 0. The van der Waals surface area contributed by atoms with E-state index < -0.39 is 0 Å². The molecule has 96 valence electrons. The van der Waals surface area contributed by atoms with Crippen LogP contribution in [0.2, 0.25) is 0 Å². The van der Waals surface area contributed by atoms with E-state index in [-0.39, 0.29) is 5.96 Å². The van der Waals surface area contributed by atoms with Crippen molar-refractivity contribution in [1.82, 2.24) is 5.32 Å². The maximum absolute atomic E-state index is 7.10. The van der Waals surface area contributed by atoms with E-state index in [1.54, 1.807) is 0 Å². The molecule has 0 aromatic carbocycles. The first-order valence-corrected chi connectivity index (χ1v) is 6.77. The van der Waals surface area contributed by atoms with Gasteiger partial charge in [0.1, 0.15) is 0 Å². The van der Waals surface area contributed by atoms with Crippen LogP contribution in [0.3, 0.4) is 0 Å². The van der Waals surface area contributed by atoms with Crippen LogP contribution >= 0.6 is 0 Å². The van der Waals surface area contributed by atoms with Crippen molar-refractivity contribution < 1.29 is 0 Å². The lowest BCUT2D eigenvalue weighted by molar-refractivity contribution is 0.521. The molecule has 0 aromatic rings. The van der Waals surface area contributed by atoms with Crippen LogP contribution in [0.4, 0.5) is 0 Å². The van der Waals surface area contributed by atoms with Crippen LogP contribution in [0.5, 0.6) is 0 Å². The Labute approximate surface area is 101 Å². The Kier molecular flexibility index (Phi) is 10.3. The Morgan fingerprint density at radius 2 is 1.56 bits per heavy atom. The quantitative estimate of drug-likeness (QED) is 0.304. The highest BCUT2D eigenvalue weighted by Crippen LogP contribution is 2.10. The van der Waals surface area contributed by atoms with Gasteiger partial charge in [0.2, 0.25) is 0 Å². The zero-order valence-electron chi connectivity index (χ0n) is 11.0. The second-order valence-electron chi connectivity index (χ2n) is 4.72. The molecule has 0 aliphatic rings. The summed E-state index contributed by atoms with van der Waals surface area (Å²) in [6, 6.07) is 0.345. The summed E-state index contributed by atoms with van der Waals surface area (Å²) in [6.07, 6.45) is 11.9. The zero-order valence-corrected chi connectivity index (χ0v) is 11.0. The second-order valence-corrected chi connectivity index (χ2v) is 4.72. The summed E-state index contributed by atoms with van der Waals surface area (Å²) >= 11 is 0. The van der Waals surface area contributed by atoms with Crippen molar-refractivity contribution in [3.05, 3.63) is 0 Å². The average molecular weight is 227 g/mol. The van der Waals surface area contributed by atoms with E-state index in [0.717, 1.165) is 6.42 Å². The monoisotopic (exact) mass is 227 g/mol. The molecule has 0 amide bonds. The van der Waals surface area contributed by atoms with Crippen molar-refractivity contribution in [2.75, 3.05) is 0 Å². The first-order valence-electron chi connectivity index (χ1n) is 6.77. The number of unbranched alkanes of at least 4 members (excludes halogenated alkanes) is 7. The molecule has 0 heterocycles. The zero-order chi connectivity index (χ0) is 12.2. The highest BCUT2D eigenvalue weighted by molar-refractivity contribution is 5.74. The minimum absolute atomic E-state index is 0.0899. The van der Waals surface area contributed by atoms with Gasteiger partial charge < -0.3 is 11.1 Å². The Morgan fingerprint density at radius 3 is 2.06 bits per heavy atom. The smallest absolute Gasteiger partial charge is 0.185 e. The van der Waals surface area contributed by atoms with Gasteiger partial charge in [0.05, 0.1) is 0 Å². The Bertz CT molecular complexity index is 169. The van der Waals surface area contributed by atoms with Crippen molar-refractivity contribution in [3.8, 4) is 0 Å². The van der Waals surface area contributed by atoms with Crippen molar-refractivity contribution in [1.29, 1.82) is 5.41 Å². The highest BCUT2D eigenvalue weighted by atomic mass is 15.1. The van der Waals surface area contributed by atoms with Gasteiger partial charge in [-0.1, -0.05) is 58.3 Å². The summed E-state index contributed by atoms with van der Waals surface area (Å²) in [6.45, 7) is 4.34. The minimum Gasteiger partial charge on any atom is -0.370 e. The van der Waals surface area contributed by atoms with E-state index in [2.05, 4.69) is 19.2 Å². The Morgan fingerprint density at radius 1 is 1.06 bits per heavy atom. The number of hydrogen-bond acceptors (Lipinski definition) is 1. The molecule has 0 rings (SSSR count). The predicted octanol–water partition coefficient (Wildman–Crippen LogP) is 3.39. The summed E-state index contributed by atoms with van der Waals surface area (Å²) in [5.41, 5.74) is 5.26. The maximum atomic E-state index is 7.10. The molecule has 1 unspecified atom stereocenters. The van der Waals surface area contributed by atoms with Gasteiger partial charge in [-0.05, 0) is 13.3 Å². The fourth-order valence-electron chi connectivity index (χ4n) is 1.92. The number of hydrogen-bond donors (Lipinski definition) is 3. The maximum Gasteiger partial charge on any atom is 0.185 e. The Balaban J connectivity index is 3.11. The Hall–Kier alpha value is -0.730. The molecule has 0 spiro atoms. The van der Waals surface area contributed by atoms with Crippen molar-refractivity contribution in [2.45, 2.75) is 77.7 Å². The molecule has 3 heteroatoms. The molecular weight excluding hydrogens is 198 g/mol. The summed E-state index contributed by atoms with van der Waals surface area (Å²) in [4.78, 5) is 0. The van der Waals surface area contributed by atoms with E-state index in [9.17, 15) is 0 Å². The molecule has 0 radical (unpaired) electrons. The van der Waals surface area contributed by atoms with E-state index in [0.29, 0.717) is 6.04 Å². The SMILES string of the molecule is CCCCCCCCCCC(C)NC(=N)N. The topological polar surface area (TPSA) is 61.9 Å². The van der Waals surface area contributed by atoms with E-state index in [1.165, 1.54) is 51.4 Å². The third-order valence-corrected chi connectivity index (χ3v) is 2.89. The lowest BCUT2D eigenvalue weighted by Gasteiger charge is -2.12. The third-order valence-electron chi connectivity index (χ3n) is 2.89. The number of nitrogens with one attached hydrogen (secondary N) is 2. The molecule has 1 atom stereocenters. The number of rotatable bonds is 10. The van der Waals surface area contributed by atoms with Gasteiger partial charge in [-0.15, -0.1) is 0 Å². The van der Waals surface area contributed by atoms with E-state index >= 15 is 0 Å². The van der Waals surface area contributed by atoms with Gasteiger partial charge >= 0.3 is 0 Å². The fourth-order valence-corrected chi connectivity index (χ4v) is 1.92. The molecule has 0 aliphatic heterocycles. The van der Waals surface area contributed by atoms with Crippen LogP contribution in [-0.2, 0) is 0 Å². The normalized spacial score (nSPS) is 12.4.